The monoisotopic (exact) mass is 359 g/mol. The van der Waals surface area contributed by atoms with Crippen LogP contribution in [-0.2, 0) is 12.8 Å². The highest BCUT2D eigenvalue weighted by Gasteiger charge is 2.35. The van der Waals surface area contributed by atoms with Crippen LogP contribution in [-0.4, -0.2) is 33.4 Å². The minimum atomic E-state index is -0.260. The second-order valence-corrected chi connectivity index (χ2v) is 8.66. The highest BCUT2D eigenvalue weighted by atomic mass is 16.4. The van der Waals surface area contributed by atoms with Gasteiger partial charge in [-0.3, -0.25) is 9.98 Å². The molecule has 0 atom stereocenters. The molecule has 0 aliphatic carbocycles. The highest BCUT2D eigenvalue weighted by Crippen LogP contribution is 2.31. The van der Waals surface area contributed by atoms with E-state index in [-0.39, 0.29) is 11.1 Å². The van der Waals surface area contributed by atoms with Crippen molar-refractivity contribution in [2.24, 2.45) is 15.1 Å². The summed E-state index contributed by atoms with van der Waals surface area (Å²) >= 11 is 0. The zero-order chi connectivity index (χ0) is 19.2. The van der Waals surface area contributed by atoms with Gasteiger partial charge in [0.25, 0.3) is 0 Å². The van der Waals surface area contributed by atoms with Gasteiger partial charge in [-0.2, -0.15) is 0 Å². The molecule has 0 spiro atoms. The SMILES string of the molecule is CC1(C)Cc2ccccc2C(C(=NO)C2=NC(C)(C)Cc3ccccc32)=N1. The lowest BCUT2D eigenvalue weighted by Crippen LogP contribution is -2.39. The van der Waals surface area contributed by atoms with Crippen LogP contribution < -0.4 is 0 Å². The number of rotatable bonds is 2. The molecule has 0 radical (unpaired) electrons. The third-order valence-corrected chi connectivity index (χ3v) is 5.17. The Kier molecular flexibility index (Phi) is 4.02. The lowest BCUT2D eigenvalue weighted by Gasteiger charge is -2.32. The summed E-state index contributed by atoms with van der Waals surface area (Å²) in [4.78, 5) is 9.94. The summed E-state index contributed by atoms with van der Waals surface area (Å²) in [5.41, 5.74) is 5.85. The molecule has 0 saturated carbocycles. The molecule has 0 bridgehead atoms. The van der Waals surface area contributed by atoms with Crippen LogP contribution in [0.3, 0.4) is 0 Å². The maximum atomic E-state index is 10.0. The molecular formula is C23H25N3O. The van der Waals surface area contributed by atoms with Gasteiger partial charge in [0.15, 0.2) is 5.71 Å². The smallest absolute Gasteiger partial charge is 0.154 e. The van der Waals surface area contributed by atoms with Gasteiger partial charge < -0.3 is 5.21 Å². The molecule has 2 heterocycles. The first-order chi connectivity index (χ1) is 12.8. The number of nitrogens with zero attached hydrogens (tertiary/aromatic N) is 3. The van der Waals surface area contributed by atoms with Crippen LogP contribution >= 0.6 is 0 Å². The van der Waals surface area contributed by atoms with Crippen LogP contribution in [0.4, 0.5) is 0 Å². The Morgan fingerprint density at radius 2 is 1.19 bits per heavy atom. The first-order valence-corrected chi connectivity index (χ1v) is 9.39. The van der Waals surface area contributed by atoms with Crippen molar-refractivity contribution in [1.29, 1.82) is 0 Å². The number of fused-ring (bicyclic) bond motifs is 2. The van der Waals surface area contributed by atoms with Crippen LogP contribution in [0.15, 0.2) is 63.7 Å². The van der Waals surface area contributed by atoms with Crippen LogP contribution in [0.2, 0.25) is 0 Å². The largest absolute Gasteiger partial charge is 0.410 e. The van der Waals surface area contributed by atoms with Crippen LogP contribution in [0, 0.1) is 0 Å². The van der Waals surface area contributed by atoms with E-state index in [0.29, 0.717) is 5.71 Å². The number of oxime groups is 1. The molecule has 0 fully saturated rings. The molecule has 2 aromatic rings. The zero-order valence-electron chi connectivity index (χ0n) is 16.3. The van der Waals surface area contributed by atoms with E-state index in [0.717, 1.165) is 35.4 Å². The fraction of sp³-hybridized carbons (Fsp3) is 0.348. The van der Waals surface area contributed by atoms with E-state index in [1.165, 1.54) is 11.1 Å². The molecule has 138 valence electrons. The molecule has 27 heavy (non-hydrogen) atoms. The summed E-state index contributed by atoms with van der Waals surface area (Å²) in [6.45, 7) is 8.44. The lowest BCUT2D eigenvalue weighted by atomic mass is 9.81. The lowest BCUT2D eigenvalue weighted by molar-refractivity contribution is 0.321. The van der Waals surface area contributed by atoms with Crippen LogP contribution in [0.5, 0.6) is 0 Å². The number of hydrogen-bond acceptors (Lipinski definition) is 4. The third kappa shape index (κ3) is 3.20. The van der Waals surface area contributed by atoms with E-state index in [1.54, 1.807) is 0 Å². The fourth-order valence-corrected chi connectivity index (χ4v) is 4.12. The Bertz CT molecular complexity index is 919. The van der Waals surface area contributed by atoms with Crippen LogP contribution in [0.25, 0.3) is 0 Å². The molecule has 0 saturated heterocycles. The molecule has 0 amide bonds. The minimum Gasteiger partial charge on any atom is -0.410 e. The van der Waals surface area contributed by atoms with Gasteiger partial charge in [0.2, 0.25) is 0 Å². The molecule has 2 aliphatic heterocycles. The summed E-state index contributed by atoms with van der Waals surface area (Å²) in [7, 11) is 0. The molecule has 4 rings (SSSR count). The second kappa shape index (κ2) is 6.15. The van der Waals surface area contributed by atoms with Crippen LogP contribution in [0.1, 0.15) is 49.9 Å². The molecule has 2 aromatic carbocycles. The van der Waals surface area contributed by atoms with Crippen molar-refractivity contribution in [2.45, 2.75) is 51.6 Å². The first-order valence-electron chi connectivity index (χ1n) is 9.39. The van der Waals surface area contributed by atoms with E-state index in [9.17, 15) is 5.21 Å². The molecular weight excluding hydrogens is 334 g/mol. The summed E-state index contributed by atoms with van der Waals surface area (Å²) < 4.78 is 0. The summed E-state index contributed by atoms with van der Waals surface area (Å²) in [5, 5.41) is 13.8. The second-order valence-electron chi connectivity index (χ2n) is 8.66. The van der Waals surface area contributed by atoms with E-state index < -0.39 is 0 Å². The minimum absolute atomic E-state index is 0.260. The van der Waals surface area contributed by atoms with Gasteiger partial charge in [-0.05, 0) is 51.7 Å². The molecule has 1 N–H and O–H groups in total. The van der Waals surface area contributed by atoms with Gasteiger partial charge in [0.05, 0.1) is 22.5 Å². The van der Waals surface area contributed by atoms with Crippen molar-refractivity contribution in [2.75, 3.05) is 0 Å². The Labute approximate surface area is 160 Å². The molecule has 2 aliphatic rings. The molecule has 0 aromatic heterocycles. The van der Waals surface area contributed by atoms with Crippen molar-refractivity contribution in [3.63, 3.8) is 0 Å². The molecule has 4 nitrogen and oxygen atoms in total. The Balaban J connectivity index is 1.92. The van der Waals surface area contributed by atoms with Gasteiger partial charge in [0.1, 0.15) is 0 Å². The van der Waals surface area contributed by atoms with Gasteiger partial charge in [-0.1, -0.05) is 53.7 Å². The zero-order valence-corrected chi connectivity index (χ0v) is 16.3. The van der Waals surface area contributed by atoms with Gasteiger partial charge in [-0.15, -0.1) is 0 Å². The summed E-state index contributed by atoms with van der Waals surface area (Å²) in [6.07, 6.45) is 1.72. The average Bonchev–Trinajstić information content (AvgIpc) is 2.60. The maximum Gasteiger partial charge on any atom is 0.154 e. The van der Waals surface area contributed by atoms with Crippen molar-refractivity contribution < 1.29 is 5.21 Å². The van der Waals surface area contributed by atoms with Crippen molar-refractivity contribution in [3.05, 3.63) is 70.8 Å². The van der Waals surface area contributed by atoms with Crippen molar-refractivity contribution in [1.82, 2.24) is 0 Å². The summed E-state index contributed by atoms with van der Waals surface area (Å²) in [6, 6.07) is 16.4. The Morgan fingerprint density at radius 3 is 1.59 bits per heavy atom. The van der Waals surface area contributed by atoms with E-state index in [4.69, 9.17) is 9.98 Å². The third-order valence-electron chi connectivity index (χ3n) is 5.17. The number of aliphatic imine (C=N–C) groups is 2. The molecule has 4 heteroatoms. The first kappa shape index (κ1) is 17.7. The Hall–Kier alpha value is -2.75. The van der Waals surface area contributed by atoms with E-state index >= 15 is 0 Å². The standard InChI is InChI=1S/C23H25N3O/c1-22(2)13-15-9-5-7-11-17(15)19(24-22)21(26-27)20-18-12-8-6-10-16(18)14-23(3,4)25-20/h5-12,27H,13-14H2,1-4H3. The van der Waals surface area contributed by atoms with E-state index in [2.05, 4.69) is 57.1 Å². The Morgan fingerprint density at radius 1 is 0.778 bits per heavy atom. The quantitative estimate of drug-likeness (QED) is 0.480. The van der Waals surface area contributed by atoms with Gasteiger partial charge in [0, 0.05) is 11.1 Å². The number of hydrogen-bond donors (Lipinski definition) is 1. The number of benzene rings is 2. The molecule has 0 unspecified atom stereocenters. The van der Waals surface area contributed by atoms with Crippen molar-refractivity contribution in [3.8, 4) is 0 Å². The van der Waals surface area contributed by atoms with Gasteiger partial charge in [-0.25, -0.2) is 0 Å². The topological polar surface area (TPSA) is 57.3 Å². The maximum absolute atomic E-state index is 10.0. The van der Waals surface area contributed by atoms with Gasteiger partial charge >= 0.3 is 0 Å². The predicted molar refractivity (Wildman–Crippen MR) is 111 cm³/mol. The highest BCUT2D eigenvalue weighted by molar-refractivity contribution is 6.74. The average molecular weight is 359 g/mol. The normalized spacial score (nSPS) is 19.3. The summed E-state index contributed by atoms with van der Waals surface area (Å²) in [5.74, 6) is 0. The van der Waals surface area contributed by atoms with Crippen molar-refractivity contribution >= 4 is 17.1 Å². The van der Waals surface area contributed by atoms with E-state index in [1.807, 2.05) is 24.3 Å². The predicted octanol–water partition coefficient (Wildman–Crippen LogP) is 4.46. The fourth-order valence-electron chi connectivity index (χ4n) is 4.12.